The zero-order valence-electron chi connectivity index (χ0n) is 22.9. The van der Waals surface area contributed by atoms with E-state index >= 15 is 0 Å². The fourth-order valence-corrected chi connectivity index (χ4v) is 11.6. The Kier molecular flexibility index (Phi) is 17.3. The Hall–Kier alpha value is 0.274. The summed E-state index contributed by atoms with van der Waals surface area (Å²) in [5.41, 5.74) is 2.02. The molecule has 0 N–H and O–H groups in total. The molecule has 0 unspecified atom stereocenters. The molecule has 0 saturated carbocycles. The fraction of sp³-hybridized carbons (Fsp3) is 1.00. The molecule has 0 saturated heterocycles. The van der Waals surface area contributed by atoms with Crippen molar-refractivity contribution < 1.29 is 17.7 Å². The molecule has 0 aliphatic rings. The Morgan fingerprint density at radius 2 is 0.733 bits per heavy atom. The smallest absolute Gasteiger partial charge is 0.343 e. The van der Waals surface area contributed by atoms with Crippen LogP contribution >= 0.6 is 0 Å². The van der Waals surface area contributed by atoms with Gasteiger partial charge in [-0.15, -0.1) is 0 Å². The first kappa shape index (κ1) is 32.5. The lowest BCUT2D eigenvalue weighted by atomic mass is 10.5. The summed E-state index contributed by atoms with van der Waals surface area (Å²) in [4.78, 5) is 0. The topological polar surface area (TPSA) is 36.9 Å². The lowest BCUT2D eigenvalue weighted by Crippen LogP contribution is -2.51. The normalized spacial score (nSPS) is 13.2. The van der Waals surface area contributed by atoms with E-state index in [0.717, 1.165) is 26.1 Å². The predicted octanol–water partition coefficient (Wildman–Crippen LogP) is 8.20. The third-order valence-electron chi connectivity index (χ3n) is 5.12. The molecule has 0 aromatic heterocycles. The van der Waals surface area contributed by atoms with E-state index in [2.05, 4.69) is 96.9 Å². The first-order valence-electron chi connectivity index (χ1n) is 12.4. The molecule has 184 valence electrons. The molecule has 0 aromatic rings. The molecule has 0 atom stereocenters. The van der Waals surface area contributed by atoms with E-state index in [0.29, 0.717) is 22.2 Å². The average Bonchev–Trinajstić information content (AvgIpc) is 2.60. The quantitative estimate of drug-likeness (QED) is 0.243. The van der Waals surface area contributed by atoms with Crippen LogP contribution in [0.2, 0.25) is 22.2 Å². The second kappa shape index (κ2) is 16.0. The first-order valence-corrected chi connectivity index (χ1v) is 16.3. The summed E-state index contributed by atoms with van der Waals surface area (Å²) in [5.74, 6) is 0. The molecule has 0 amide bonds. The Balaban J connectivity index is 0. The van der Waals surface area contributed by atoms with E-state index in [1.54, 1.807) is 0 Å². The van der Waals surface area contributed by atoms with Gasteiger partial charge in [-0.3, -0.25) is 0 Å². The van der Waals surface area contributed by atoms with Gasteiger partial charge in [0.15, 0.2) is 0 Å². The van der Waals surface area contributed by atoms with Crippen LogP contribution < -0.4 is 0 Å². The highest BCUT2D eigenvalue weighted by Crippen LogP contribution is 2.36. The van der Waals surface area contributed by atoms with E-state index in [1.807, 2.05) is 0 Å². The van der Waals surface area contributed by atoms with E-state index in [1.165, 1.54) is 0 Å². The molecule has 0 heterocycles. The SMILES string of the molecule is CC(C)O[Si](OC(C)C)(C(C)C)C(C)C.CCCO[Si](OCCC)(C(C)C)C(C)C. The third kappa shape index (κ3) is 10.7. The Morgan fingerprint density at radius 3 is 0.900 bits per heavy atom. The minimum absolute atomic E-state index is 0.250. The van der Waals surface area contributed by atoms with Gasteiger partial charge in [0, 0.05) is 25.4 Å². The van der Waals surface area contributed by atoms with Gasteiger partial charge in [0.05, 0.1) is 0 Å². The molecule has 0 spiro atoms. The second-order valence-corrected chi connectivity index (χ2v) is 18.6. The maximum absolute atomic E-state index is 6.19. The summed E-state index contributed by atoms with van der Waals surface area (Å²) in [7, 11) is -4.07. The van der Waals surface area contributed by atoms with Crippen LogP contribution in [0.15, 0.2) is 0 Å². The first-order chi connectivity index (χ1) is 13.7. The standard InChI is InChI=1S/2C12H28O2Si/c1-9(2)13-15(11(5)6,12(7)8)14-10(3)4;1-7-9-13-15(11(3)4,12(5)6)14-10-8-2/h9-12H,1-8H3;11-12H,7-10H2,1-6H3. The number of hydrogen-bond acceptors (Lipinski definition) is 4. The van der Waals surface area contributed by atoms with Crippen LogP contribution in [0.1, 0.15) is 110 Å². The van der Waals surface area contributed by atoms with Gasteiger partial charge in [-0.05, 0) is 62.7 Å². The fourth-order valence-electron chi connectivity index (χ4n) is 3.87. The average molecular weight is 465 g/mol. The van der Waals surface area contributed by atoms with Gasteiger partial charge in [0.2, 0.25) is 0 Å². The maximum atomic E-state index is 6.19. The Labute approximate surface area is 192 Å². The zero-order chi connectivity index (χ0) is 24.1. The van der Waals surface area contributed by atoms with Crippen LogP contribution in [0.25, 0.3) is 0 Å². The van der Waals surface area contributed by atoms with Gasteiger partial charge in [0.25, 0.3) is 0 Å². The highest BCUT2D eigenvalue weighted by Gasteiger charge is 2.46. The molecule has 0 fully saturated rings. The highest BCUT2D eigenvalue weighted by molar-refractivity contribution is 6.70. The summed E-state index contributed by atoms with van der Waals surface area (Å²) in [6.07, 6.45) is 2.65. The molecule has 0 aliphatic heterocycles. The van der Waals surface area contributed by atoms with E-state index in [4.69, 9.17) is 17.7 Å². The minimum Gasteiger partial charge on any atom is -0.394 e. The zero-order valence-corrected chi connectivity index (χ0v) is 24.9. The van der Waals surface area contributed by atoms with Crippen LogP contribution in [0, 0.1) is 0 Å². The van der Waals surface area contributed by atoms with Crippen LogP contribution in [-0.2, 0) is 17.7 Å². The summed E-state index contributed by atoms with van der Waals surface area (Å²) in [6, 6.07) is 0. The largest absolute Gasteiger partial charge is 0.394 e. The molecule has 0 aromatic carbocycles. The Bertz CT molecular complexity index is 372. The van der Waals surface area contributed by atoms with Gasteiger partial charge in [-0.25, -0.2) is 0 Å². The van der Waals surface area contributed by atoms with E-state index in [-0.39, 0.29) is 12.2 Å². The van der Waals surface area contributed by atoms with Crippen molar-refractivity contribution >= 4 is 17.1 Å². The lowest BCUT2D eigenvalue weighted by Gasteiger charge is -2.40. The molecule has 4 nitrogen and oxygen atoms in total. The van der Waals surface area contributed by atoms with Crippen LogP contribution in [0.3, 0.4) is 0 Å². The molecular formula is C24H56O4Si2. The van der Waals surface area contributed by atoms with Gasteiger partial charge in [-0.1, -0.05) is 69.2 Å². The van der Waals surface area contributed by atoms with Crippen LogP contribution in [0.4, 0.5) is 0 Å². The third-order valence-corrected chi connectivity index (χ3v) is 14.6. The molecule has 6 heteroatoms. The van der Waals surface area contributed by atoms with Crippen molar-refractivity contribution in [2.45, 2.75) is 144 Å². The monoisotopic (exact) mass is 464 g/mol. The maximum Gasteiger partial charge on any atom is 0.343 e. The summed E-state index contributed by atoms with van der Waals surface area (Å²) in [6.45, 7) is 32.2. The van der Waals surface area contributed by atoms with Crippen molar-refractivity contribution in [3.8, 4) is 0 Å². The molecule has 0 rings (SSSR count). The van der Waals surface area contributed by atoms with Crippen molar-refractivity contribution in [3.05, 3.63) is 0 Å². The van der Waals surface area contributed by atoms with Crippen molar-refractivity contribution in [1.82, 2.24) is 0 Å². The van der Waals surface area contributed by atoms with Gasteiger partial charge in [-0.2, -0.15) is 0 Å². The molecule has 30 heavy (non-hydrogen) atoms. The molecule has 0 radical (unpaired) electrons. The van der Waals surface area contributed by atoms with Gasteiger partial charge in [0.1, 0.15) is 0 Å². The van der Waals surface area contributed by atoms with Gasteiger partial charge < -0.3 is 17.7 Å². The van der Waals surface area contributed by atoms with Crippen molar-refractivity contribution in [2.75, 3.05) is 13.2 Å². The summed E-state index contributed by atoms with van der Waals surface area (Å²) in [5, 5.41) is 0. The van der Waals surface area contributed by atoms with Crippen molar-refractivity contribution in [2.24, 2.45) is 0 Å². The van der Waals surface area contributed by atoms with Crippen LogP contribution in [0.5, 0.6) is 0 Å². The van der Waals surface area contributed by atoms with Gasteiger partial charge >= 0.3 is 17.1 Å². The summed E-state index contributed by atoms with van der Waals surface area (Å²) < 4.78 is 24.6. The van der Waals surface area contributed by atoms with Crippen molar-refractivity contribution in [3.63, 3.8) is 0 Å². The van der Waals surface area contributed by atoms with Crippen LogP contribution in [-0.4, -0.2) is 42.5 Å². The molecule has 0 bridgehead atoms. The second-order valence-electron chi connectivity index (χ2n) is 10.1. The van der Waals surface area contributed by atoms with E-state index < -0.39 is 17.1 Å². The lowest BCUT2D eigenvalue weighted by molar-refractivity contribution is 0.0929. The summed E-state index contributed by atoms with van der Waals surface area (Å²) >= 11 is 0. The minimum atomic E-state index is -2.08. The highest BCUT2D eigenvalue weighted by atomic mass is 28.4. The predicted molar refractivity (Wildman–Crippen MR) is 137 cm³/mol. The molecule has 0 aliphatic carbocycles. The Morgan fingerprint density at radius 1 is 0.467 bits per heavy atom. The number of rotatable bonds is 14. The molecular weight excluding hydrogens is 408 g/mol. The number of hydrogen-bond donors (Lipinski definition) is 0. The van der Waals surface area contributed by atoms with E-state index in [9.17, 15) is 0 Å². The van der Waals surface area contributed by atoms with Crippen molar-refractivity contribution in [1.29, 1.82) is 0 Å².